The van der Waals surface area contributed by atoms with Crippen molar-refractivity contribution in [3.63, 3.8) is 0 Å². The molecule has 2 aliphatic heterocycles. The van der Waals surface area contributed by atoms with E-state index in [4.69, 9.17) is 5.11 Å². The first-order valence-corrected chi connectivity index (χ1v) is 3.92. The zero-order valence-corrected chi connectivity index (χ0v) is 7.38. The molecule has 2 bridgehead atoms. The van der Waals surface area contributed by atoms with E-state index in [1.165, 1.54) is 0 Å². The van der Waals surface area contributed by atoms with Gasteiger partial charge < -0.3 is 10.4 Å². The number of hydrogen-bond acceptors (Lipinski definition) is 2. The largest absolute Gasteiger partial charge is 0.481 e. The first kappa shape index (κ1) is 9.55. The molecule has 1 saturated heterocycles. The van der Waals surface area contributed by atoms with Gasteiger partial charge in [0.25, 0.3) is 0 Å². The molecule has 4 heteroatoms. The second-order valence-corrected chi connectivity index (χ2v) is 3.26. The number of aliphatic carboxylic acids is 1. The van der Waals surface area contributed by atoms with E-state index in [2.05, 4.69) is 11.4 Å². The molecule has 0 radical (unpaired) electrons. The summed E-state index contributed by atoms with van der Waals surface area (Å²) >= 11 is 0. The Morgan fingerprint density at radius 3 is 2.50 bits per heavy atom. The van der Waals surface area contributed by atoms with E-state index in [1.54, 1.807) is 0 Å². The number of fused-ring (bicyclic) bond motifs is 2. The highest BCUT2D eigenvalue weighted by Gasteiger charge is 2.35. The van der Waals surface area contributed by atoms with E-state index in [0.717, 1.165) is 13.0 Å². The number of carboxylic acid groups (broad SMARTS) is 1. The Morgan fingerprint density at radius 2 is 2.25 bits per heavy atom. The summed E-state index contributed by atoms with van der Waals surface area (Å²) in [6.45, 7) is 0.949. The van der Waals surface area contributed by atoms with Gasteiger partial charge in [-0.3, -0.25) is 4.79 Å². The molecule has 12 heavy (non-hydrogen) atoms. The lowest BCUT2D eigenvalue weighted by molar-refractivity contribution is -0.143. The van der Waals surface area contributed by atoms with Crippen LogP contribution in [0.3, 0.4) is 0 Å². The molecule has 0 spiro atoms. The molecule has 1 aliphatic carbocycles. The van der Waals surface area contributed by atoms with Crippen LogP contribution in [0, 0.1) is 11.8 Å². The Hall–Kier alpha value is -0.540. The molecule has 2 heterocycles. The van der Waals surface area contributed by atoms with Gasteiger partial charge in [-0.1, -0.05) is 12.2 Å². The second kappa shape index (κ2) is 3.46. The summed E-state index contributed by atoms with van der Waals surface area (Å²) in [6, 6.07) is 0.0810. The number of rotatable bonds is 1. The molecule has 3 atom stereocenters. The van der Waals surface area contributed by atoms with Gasteiger partial charge >= 0.3 is 5.97 Å². The molecule has 3 nitrogen and oxygen atoms in total. The quantitative estimate of drug-likeness (QED) is 0.596. The summed E-state index contributed by atoms with van der Waals surface area (Å²) in [4.78, 5) is 10.7. The third-order valence-corrected chi connectivity index (χ3v) is 2.51. The van der Waals surface area contributed by atoms with E-state index < -0.39 is 5.97 Å². The van der Waals surface area contributed by atoms with E-state index in [1.807, 2.05) is 6.08 Å². The van der Waals surface area contributed by atoms with Crippen molar-refractivity contribution in [3.8, 4) is 0 Å². The monoisotopic (exact) mass is 189 g/mol. The van der Waals surface area contributed by atoms with E-state index in [9.17, 15) is 4.79 Å². The van der Waals surface area contributed by atoms with Gasteiger partial charge in [-0.25, -0.2) is 0 Å². The Kier molecular flexibility index (Phi) is 2.75. The van der Waals surface area contributed by atoms with Crippen molar-refractivity contribution in [3.05, 3.63) is 12.2 Å². The zero-order valence-electron chi connectivity index (χ0n) is 6.56. The number of carbonyl (C=O) groups is 1. The Balaban J connectivity index is 0.000000720. The van der Waals surface area contributed by atoms with Crippen LogP contribution in [0.1, 0.15) is 6.42 Å². The number of piperidine rings is 1. The smallest absolute Gasteiger partial charge is 0.308 e. The van der Waals surface area contributed by atoms with Crippen molar-refractivity contribution in [2.75, 3.05) is 6.54 Å². The minimum atomic E-state index is -0.670. The molecule has 68 valence electrons. The zero-order chi connectivity index (χ0) is 7.84. The number of hydrogen-bond donors (Lipinski definition) is 2. The van der Waals surface area contributed by atoms with Gasteiger partial charge in [0.15, 0.2) is 0 Å². The maximum atomic E-state index is 10.7. The van der Waals surface area contributed by atoms with E-state index >= 15 is 0 Å². The highest BCUT2D eigenvalue weighted by Crippen LogP contribution is 2.28. The summed E-state index contributed by atoms with van der Waals surface area (Å²) in [5.74, 6) is -0.420. The highest BCUT2D eigenvalue weighted by molar-refractivity contribution is 5.85. The van der Waals surface area contributed by atoms with Crippen LogP contribution in [0.5, 0.6) is 0 Å². The van der Waals surface area contributed by atoms with E-state index in [-0.39, 0.29) is 24.4 Å². The van der Waals surface area contributed by atoms with Gasteiger partial charge in [0.2, 0.25) is 0 Å². The minimum Gasteiger partial charge on any atom is -0.481 e. The predicted octanol–water partition coefficient (Wildman–Crippen LogP) is 0.657. The molecule has 3 rings (SSSR count). The molecule has 0 saturated carbocycles. The lowest BCUT2D eigenvalue weighted by atomic mass is 9.79. The van der Waals surface area contributed by atoms with Crippen LogP contribution in [0.2, 0.25) is 0 Å². The summed E-state index contributed by atoms with van der Waals surface area (Å²) in [7, 11) is 0. The Labute approximate surface area is 77.3 Å². The van der Waals surface area contributed by atoms with Crippen molar-refractivity contribution in [2.24, 2.45) is 11.8 Å². The highest BCUT2D eigenvalue weighted by atomic mass is 35.5. The SMILES string of the molecule is Cl.O=C(O)C1CC2C=CC1NC2. The molecule has 3 unspecified atom stereocenters. The second-order valence-electron chi connectivity index (χ2n) is 3.26. The first-order chi connectivity index (χ1) is 5.27. The average Bonchev–Trinajstić information content (AvgIpc) is 2.06. The minimum absolute atomic E-state index is 0. The lowest BCUT2D eigenvalue weighted by Gasteiger charge is -2.36. The van der Waals surface area contributed by atoms with Gasteiger partial charge in [0, 0.05) is 12.6 Å². The van der Waals surface area contributed by atoms with Crippen molar-refractivity contribution in [1.82, 2.24) is 5.32 Å². The first-order valence-electron chi connectivity index (χ1n) is 3.92. The molecule has 0 aromatic heterocycles. The third-order valence-electron chi connectivity index (χ3n) is 2.51. The summed E-state index contributed by atoms with van der Waals surface area (Å²) in [6.07, 6.45) is 4.92. The summed E-state index contributed by atoms with van der Waals surface area (Å²) < 4.78 is 0. The van der Waals surface area contributed by atoms with Crippen LogP contribution >= 0.6 is 12.4 Å². The van der Waals surface area contributed by atoms with Gasteiger partial charge in [0.05, 0.1) is 5.92 Å². The van der Waals surface area contributed by atoms with Crippen LogP contribution < -0.4 is 5.32 Å². The molecule has 3 aliphatic rings. The molecular formula is C8H12ClNO2. The molecule has 0 aromatic rings. The summed E-state index contributed by atoms with van der Waals surface area (Å²) in [5.41, 5.74) is 0. The molecular weight excluding hydrogens is 178 g/mol. The van der Waals surface area contributed by atoms with Crippen LogP contribution in [0.15, 0.2) is 12.2 Å². The van der Waals surface area contributed by atoms with Crippen LogP contribution in [0.4, 0.5) is 0 Å². The normalized spacial score (nSPS) is 37.5. The van der Waals surface area contributed by atoms with Crippen molar-refractivity contribution < 1.29 is 9.90 Å². The van der Waals surface area contributed by atoms with E-state index in [0.29, 0.717) is 5.92 Å². The van der Waals surface area contributed by atoms with Gasteiger partial charge in [-0.2, -0.15) is 0 Å². The molecule has 2 N–H and O–H groups in total. The van der Waals surface area contributed by atoms with Gasteiger partial charge in [-0.15, -0.1) is 12.4 Å². The lowest BCUT2D eigenvalue weighted by Crippen LogP contribution is -2.49. The summed E-state index contributed by atoms with van der Waals surface area (Å²) in [5, 5.41) is 12.0. The van der Waals surface area contributed by atoms with Crippen molar-refractivity contribution in [2.45, 2.75) is 12.5 Å². The standard InChI is InChI=1S/C8H11NO2.ClH/c10-8(11)6-3-5-1-2-7(6)9-4-5;/h1-2,5-7,9H,3-4H2,(H,10,11);1H. The van der Waals surface area contributed by atoms with Crippen LogP contribution in [-0.2, 0) is 4.79 Å². The number of carboxylic acids is 1. The fourth-order valence-electron chi connectivity index (χ4n) is 1.87. The van der Waals surface area contributed by atoms with Crippen LogP contribution in [0.25, 0.3) is 0 Å². The van der Waals surface area contributed by atoms with Gasteiger partial charge in [-0.05, 0) is 12.3 Å². The molecule has 1 fully saturated rings. The number of nitrogens with one attached hydrogen (secondary N) is 1. The fraction of sp³-hybridized carbons (Fsp3) is 0.625. The van der Waals surface area contributed by atoms with Gasteiger partial charge in [0.1, 0.15) is 0 Å². The molecule has 0 amide bonds. The Bertz CT molecular complexity index is 217. The Morgan fingerprint density at radius 1 is 1.50 bits per heavy atom. The predicted molar refractivity (Wildman–Crippen MR) is 47.4 cm³/mol. The van der Waals surface area contributed by atoms with Crippen LogP contribution in [-0.4, -0.2) is 23.7 Å². The average molecular weight is 190 g/mol. The third kappa shape index (κ3) is 1.47. The molecule has 0 aromatic carbocycles. The maximum absolute atomic E-state index is 10.7. The van der Waals surface area contributed by atoms with Crippen molar-refractivity contribution in [1.29, 1.82) is 0 Å². The fourth-order valence-corrected chi connectivity index (χ4v) is 1.87. The topological polar surface area (TPSA) is 49.3 Å². The maximum Gasteiger partial charge on any atom is 0.308 e. The number of halogens is 1. The van der Waals surface area contributed by atoms with Crippen molar-refractivity contribution >= 4 is 18.4 Å².